The van der Waals surface area contributed by atoms with Gasteiger partial charge >= 0.3 is 5.91 Å². The van der Waals surface area contributed by atoms with E-state index in [0.717, 1.165) is 0 Å². The van der Waals surface area contributed by atoms with E-state index in [0.29, 0.717) is 17.0 Å². The van der Waals surface area contributed by atoms with Crippen molar-refractivity contribution in [2.75, 3.05) is 5.32 Å². The number of hydrogen-bond donors (Lipinski definition) is 2. The Bertz CT molecular complexity index is 827. The molecular formula is C16H16N4O5. The zero-order chi connectivity index (χ0) is 18.4. The van der Waals surface area contributed by atoms with E-state index in [1.807, 2.05) is 0 Å². The van der Waals surface area contributed by atoms with Gasteiger partial charge in [0.05, 0.1) is 23.3 Å². The summed E-state index contributed by atoms with van der Waals surface area (Å²) in [5.74, 6) is -0.829. The van der Waals surface area contributed by atoms with Gasteiger partial charge in [-0.25, -0.2) is 5.43 Å². The smallest absolute Gasteiger partial charge is 0.307 e. The molecule has 25 heavy (non-hydrogen) atoms. The quantitative estimate of drug-likeness (QED) is 0.473. The molecule has 0 fully saturated rings. The molecule has 0 spiro atoms. The molecule has 1 aromatic heterocycles. The van der Waals surface area contributed by atoms with Crippen molar-refractivity contribution in [3.05, 3.63) is 58.0 Å². The maximum Gasteiger partial charge on any atom is 0.307 e. The summed E-state index contributed by atoms with van der Waals surface area (Å²) in [6.45, 7) is 3.30. The summed E-state index contributed by atoms with van der Waals surface area (Å²) in [4.78, 5) is 34.0. The van der Waals surface area contributed by atoms with Gasteiger partial charge in [0.15, 0.2) is 5.76 Å². The zero-order valence-corrected chi connectivity index (χ0v) is 13.6. The molecule has 1 aromatic carbocycles. The summed E-state index contributed by atoms with van der Waals surface area (Å²) in [7, 11) is 0. The Labute approximate surface area is 142 Å². The standard InChI is InChI=1S/C16H16N4O5/c1-10-5-6-12(20(23)24)9-13(10)17-15(21)8-11(2)18-19-16(22)14-4-3-7-25-14/h3-7,9H,8H2,1-2H3,(H,17,21)(H,19,22). The van der Waals surface area contributed by atoms with Crippen LogP contribution in [0.4, 0.5) is 11.4 Å². The fraction of sp³-hybridized carbons (Fsp3) is 0.188. The molecule has 0 bridgehead atoms. The number of hydrazone groups is 1. The van der Waals surface area contributed by atoms with Crippen molar-refractivity contribution in [2.24, 2.45) is 5.10 Å². The molecule has 0 saturated heterocycles. The van der Waals surface area contributed by atoms with Crippen LogP contribution in [0, 0.1) is 17.0 Å². The second-order valence-corrected chi connectivity index (χ2v) is 5.25. The second kappa shape index (κ2) is 7.86. The number of carbonyl (C=O) groups is 2. The van der Waals surface area contributed by atoms with Crippen molar-refractivity contribution < 1.29 is 18.9 Å². The first-order chi connectivity index (χ1) is 11.9. The maximum absolute atomic E-state index is 12.0. The minimum absolute atomic E-state index is 0.0828. The lowest BCUT2D eigenvalue weighted by Crippen LogP contribution is -2.21. The zero-order valence-electron chi connectivity index (χ0n) is 13.6. The first kappa shape index (κ1) is 17.9. The Kier molecular flexibility index (Phi) is 5.62. The summed E-state index contributed by atoms with van der Waals surface area (Å²) in [6.07, 6.45) is 1.28. The van der Waals surface area contributed by atoms with Crippen LogP contribution in [-0.2, 0) is 4.79 Å². The molecule has 2 rings (SSSR count). The van der Waals surface area contributed by atoms with E-state index < -0.39 is 16.7 Å². The van der Waals surface area contributed by atoms with Crippen LogP contribution in [0.2, 0.25) is 0 Å². The molecule has 0 radical (unpaired) electrons. The van der Waals surface area contributed by atoms with Gasteiger partial charge in [-0.3, -0.25) is 19.7 Å². The van der Waals surface area contributed by atoms with Crippen molar-refractivity contribution in [3.63, 3.8) is 0 Å². The number of benzene rings is 1. The topological polar surface area (TPSA) is 127 Å². The highest BCUT2D eigenvalue weighted by Crippen LogP contribution is 2.21. The number of rotatable bonds is 6. The van der Waals surface area contributed by atoms with Gasteiger partial charge in [-0.05, 0) is 31.5 Å². The van der Waals surface area contributed by atoms with Crippen LogP contribution in [0.3, 0.4) is 0 Å². The number of nitro groups is 1. The largest absolute Gasteiger partial charge is 0.459 e. The van der Waals surface area contributed by atoms with Crippen LogP contribution in [0.25, 0.3) is 0 Å². The van der Waals surface area contributed by atoms with E-state index in [9.17, 15) is 19.7 Å². The van der Waals surface area contributed by atoms with Gasteiger partial charge in [0, 0.05) is 17.8 Å². The molecule has 9 heteroatoms. The van der Waals surface area contributed by atoms with Gasteiger partial charge in [-0.15, -0.1) is 0 Å². The molecule has 1 heterocycles. The molecule has 2 amide bonds. The van der Waals surface area contributed by atoms with Crippen molar-refractivity contribution in [1.29, 1.82) is 0 Å². The van der Waals surface area contributed by atoms with E-state index in [4.69, 9.17) is 4.42 Å². The number of furan rings is 1. The summed E-state index contributed by atoms with van der Waals surface area (Å²) >= 11 is 0. The minimum atomic E-state index is -0.536. The minimum Gasteiger partial charge on any atom is -0.459 e. The number of amides is 2. The van der Waals surface area contributed by atoms with Gasteiger partial charge in [-0.2, -0.15) is 5.10 Å². The normalized spacial score (nSPS) is 11.0. The van der Waals surface area contributed by atoms with E-state index in [1.165, 1.54) is 24.5 Å². The summed E-state index contributed by atoms with van der Waals surface area (Å²) in [5.41, 5.74) is 3.57. The van der Waals surface area contributed by atoms with Crippen molar-refractivity contribution in [1.82, 2.24) is 5.43 Å². The van der Waals surface area contributed by atoms with Gasteiger partial charge in [0.2, 0.25) is 5.91 Å². The molecule has 0 aliphatic rings. The number of carbonyl (C=O) groups excluding carboxylic acids is 2. The third-order valence-electron chi connectivity index (χ3n) is 3.22. The van der Waals surface area contributed by atoms with Crippen molar-refractivity contribution in [2.45, 2.75) is 20.3 Å². The summed E-state index contributed by atoms with van der Waals surface area (Å²) < 4.78 is 4.92. The van der Waals surface area contributed by atoms with E-state index in [-0.39, 0.29) is 17.9 Å². The predicted octanol–water partition coefficient (Wildman–Crippen LogP) is 2.63. The molecule has 0 saturated carbocycles. The molecule has 2 aromatic rings. The summed E-state index contributed by atoms with van der Waals surface area (Å²) in [5, 5.41) is 17.2. The Morgan fingerprint density at radius 2 is 2.08 bits per heavy atom. The van der Waals surface area contributed by atoms with Crippen LogP contribution in [0.5, 0.6) is 0 Å². The lowest BCUT2D eigenvalue weighted by atomic mass is 10.1. The summed E-state index contributed by atoms with van der Waals surface area (Å²) in [6, 6.07) is 7.26. The third kappa shape index (κ3) is 4.99. The number of non-ortho nitro benzene ring substituents is 1. The first-order valence-electron chi connectivity index (χ1n) is 7.28. The Hall–Kier alpha value is -3.49. The average molecular weight is 344 g/mol. The van der Waals surface area contributed by atoms with E-state index >= 15 is 0 Å². The third-order valence-corrected chi connectivity index (χ3v) is 3.22. The monoisotopic (exact) mass is 344 g/mol. The van der Waals surface area contributed by atoms with Gasteiger partial charge in [0.25, 0.3) is 5.69 Å². The second-order valence-electron chi connectivity index (χ2n) is 5.25. The van der Waals surface area contributed by atoms with Crippen LogP contribution < -0.4 is 10.7 Å². The molecule has 0 unspecified atom stereocenters. The van der Waals surface area contributed by atoms with Crippen LogP contribution >= 0.6 is 0 Å². The van der Waals surface area contributed by atoms with E-state index in [1.54, 1.807) is 26.0 Å². The molecular weight excluding hydrogens is 328 g/mol. The SMILES string of the molecule is CC(CC(=O)Nc1cc([N+](=O)[O-])ccc1C)=NNC(=O)c1ccco1. The number of anilines is 1. The fourth-order valence-electron chi connectivity index (χ4n) is 1.93. The lowest BCUT2D eigenvalue weighted by molar-refractivity contribution is -0.384. The number of nitrogens with one attached hydrogen (secondary N) is 2. The van der Waals surface area contributed by atoms with Crippen LogP contribution in [0.1, 0.15) is 29.5 Å². The average Bonchev–Trinajstić information content (AvgIpc) is 3.09. The molecule has 2 N–H and O–H groups in total. The Morgan fingerprint density at radius 3 is 2.72 bits per heavy atom. The highest BCUT2D eigenvalue weighted by atomic mass is 16.6. The number of hydrogen-bond acceptors (Lipinski definition) is 6. The number of nitrogens with zero attached hydrogens (tertiary/aromatic N) is 2. The molecule has 0 atom stereocenters. The van der Waals surface area contributed by atoms with E-state index in [2.05, 4.69) is 15.8 Å². The van der Waals surface area contributed by atoms with Gasteiger partial charge < -0.3 is 9.73 Å². The fourth-order valence-corrected chi connectivity index (χ4v) is 1.93. The molecule has 0 aliphatic carbocycles. The predicted molar refractivity (Wildman–Crippen MR) is 90.4 cm³/mol. The van der Waals surface area contributed by atoms with Crippen LogP contribution in [0.15, 0.2) is 46.1 Å². The Balaban J connectivity index is 1.95. The number of aryl methyl sites for hydroxylation is 1. The van der Waals surface area contributed by atoms with Crippen LogP contribution in [-0.4, -0.2) is 22.4 Å². The molecule has 9 nitrogen and oxygen atoms in total. The maximum atomic E-state index is 12.0. The van der Waals surface area contributed by atoms with Gasteiger partial charge in [0.1, 0.15) is 0 Å². The Morgan fingerprint density at radius 1 is 1.32 bits per heavy atom. The highest BCUT2D eigenvalue weighted by molar-refractivity contribution is 6.06. The highest BCUT2D eigenvalue weighted by Gasteiger charge is 2.12. The van der Waals surface area contributed by atoms with Crippen molar-refractivity contribution in [3.8, 4) is 0 Å². The first-order valence-corrected chi connectivity index (χ1v) is 7.28. The molecule has 130 valence electrons. The van der Waals surface area contributed by atoms with Gasteiger partial charge in [-0.1, -0.05) is 6.07 Å². The number of nitro benzene ring substituents is 1. The van der Waals surface area contributed by atoms with Crippen molar-refractivity contribution >= 4 is 28.9 Å². The molecule has 0 aliphatic heterocycles. The lowest BCUT2D eigenvalue weighted by Gasteiger charge is -2.08.